The molecule has 1 aromatic heterocycles. The molecule has 0 aliphatic carbocycles. The van der Waals surface area contributed by atoms with Crippen molar-refractivity contribution in [3.63, 3.8) is 0 Å². The van der Waals surface area contributed by atoms with Gasteiger partial charge in [0.2, 0.25) is 0 Å². The maximum absolute atomic E-state index is 14.5. The van der Waals surface area contributed by atoms with Gasteiger partial charge in [-0.15, -0.1) is 0 Å². The van der Waals surface area contributed by atoms with Gasteiger partial charge in [-0.2, -0.15) is 0 Å². The lowest BCUT2D eigenvalue weighted by molar-refractivity contribution is 0.589. The molecule has 0 spiro atoms. The van der Waals surface area contributed by atoms with Gasteiger partial charge in [-0.1, -0.05) is 62.6 Å². The predicted octanol–water partition coefficient (Wildman–Crippen LogP) is 7.60. The van der Waals surface area contributed by atoms with E-state index in [9.17, 15) is 12.8 Å². The lowest BCUT2D eigenvalue weighted by Crippen LogP contribution is -2.11. The fourth-order valence-electron chi connectivity index (χ4n) is 4.73. The molecule has 0 aliphatic rings. The fourth-order valence-corrected chi connectivity index (χ4v) is 6.13. The number of nitrogens with zero attached hydrogens (tertiary/aromatic N) is 1. The second-order valence-corrected chi connectivity index (χ2v) is 11.2. The molecule has 0 bridgehead atoms. The number of benzene rings is 3. The molecule has 0 saturated heterocycles. The Balaban J connectivity index is 1.85. The van der Waals surface area contributed by atoms with Gasteiger partial charge in [0.05, 0.1) is 10.4 Å². The van der Waals surface area contributed by atoms with E-state index in [1.807, 2.05) is 43.3 Å². The van der Waals surface area contributed by atoms with Crippen molar-refractivity contribution in [2.45, 2.75) is 70.6 Å². The van der Waals surface area contributed by atoms with Crippen molar-refractivity contribution >= 4 is 20.9 Å². The summed E-state index contributed by atoms with van der Waals surface area (Å²) in [6.45, 7) is 6.22. The predicted molar refractivity (Wildman–Crippen MR) is 142 cm³/mol. The molecule has 4 aromatic rings. The summed E-state index contributed by atoms with van der Waals surface area (Å²) in [5.74, 6) is -0.185. The number of para-hydroxylation sites is 1. The van der Waals surface area contributed by atoms with Gasteiger partial charge in [0.25, 0.3) is 10.0 Å². The van der Waals surface area contributed by atoms with Crippen LogP contribution in [-0.4, -0.2) is 12.4 Å². The van der Waals surface area contributed by atoms with Crippen LogP contribution in [0.5, 0.6) is 0 Å². The van der Waals surface area contributed by atoms with E-state index in [0.717, 1.165) is 71.7 Å². The molecule has 4 rings (SSSR count). The number of aromatic nitrogens is 1. The summed E-state index contributed by atoms with van der Waals surface area (Å²) in [4.78, 5) is 0.268. The Morgan fingerprint density at radius 1 is 0.829 bits per heavy atom. The van der Waals surface area contributed by atoms with Gasteiger partial charge in [0.1, 0.15) is 5.82 Å². The van der Waals surface area contributed by atoms with Crippen LogP contribution in [0.1, 0.15) is 67.3 Å². The summed E-state index contributed by atoms with van der Waals surface area (Å²) < 4.78 is 43.2. The Hall–Kier alpha value is -2.92. The summed E-state index contributed by atoms with van der Waals surface area (Å²) in [6, 6.07) is 17.9. The molecular weight excluding hydrogens is 457 g/mol. The molecule has 0 aliphatic heterocycles. The minimum absolute atomic E-state index is 0.185. The maximum atomic E-state index is 14.5. The Kier molecular flexibility index (Phi) is 7.75. The van der Waals surface area contributed by atoms with Crippen LogP contribution < -0.4 is 0 Å². The fraction of sp³-hybridized carbons (Fsp3) is 0.333. The van der Waals surface area contributed by atoms with Crippen LogP contribution >= 0.6 is 0 Å². The zero-order chi connectivity index (χ0) is 25.0. The number of rotatable bonds is 10. The van der Waals surface area contributed by atoms with E-state index in [1.54, 1.807) is 30.5 Å². The van der Waals surface area contributed by atoms with Gasteiger partial charge in [-0.25, -0.2) is 16.8 Å². The third-order valence-electron chi connectivity index (χ3n) is 6.70. The Bertz CT molecular complexity index is 1390. The molecule has 184 valence electrons. The van der Waals surface area contributed by atoms with Gasteiger partial charge in [-0.05, 0) is 85.2 Å². The van der Waals surface area contributed by atoms with E-state index in [4.69, 9.17) is 0 Å². The quantitative estimate of drug-likeness (QED) is 0.229. The molecular formula is C30H34FNO2S. The Labute approximate surface area is 208 Å². The lowest BCUT2D eigenvalue weighted by atomic mass is 9.90. The smallest absolute Gasteiger partial charge is 0.241 e. The van der Waals surface area contributed by atoms with Crippen LogP contribution in [0.2, 0.25) is 0 Å². The first kappa shape index (κ1) is 25.2. The topological polar surface area (TPSA) is 39.1 Å². The molecule has 0 N–H and O–H groups in total. The van der Waals surface area contributed by atoms with Crippen molar-refractivity contribution in [3.05, 3.63) is 100 Å². The average Bonchev–Trinajstić information content (AvgIpc) is 3.22. The average molecular weight is 492 g/mol. The number of hydrogen-bond donors (Lipinski definition) is 0. The Morgan fingerprint density at radius 2 is 1.43 bits per heavy atom. The molecule has 0 fully saturated rings. The number of hydrogen-bond acceptors (Lipinski definition) is 2. The molecule has 0 amide bonds. The van der Waals surface area contributed by atoms with E-state index < -0.39 is 10.0 Å². The van der Waals surface area contributed by atoms with Crippen LogP contribution in [0.15, 0.2) is 71.8 Å². The highest BCUT2D eigenvalue weighted by molar-refractivity contribution is 7.90. The molecule has 0 radical (unpaired) electrons. The van der Waals surface area contributed by atoms with Crippen molar-refractivity contribution in [1.82, 2.24) is 3.97 Å². The first-order chi connectivity index (χ1) is 16.8. The molecule has 35 heavy (non-hydrogen) atoms. The minimum Gasteiger partial charge on any atom is -0.241 e. The first-order valence-electron chi connectivity index (χ1n) is 12.6. The van der Waals surface area contributed by atoms with Crippen LogP contribution in [0, 0.1) is 12.7 Å². The summed E-state index contributed by atoms with van der Waals surface area (Å²) in [5.41, 5.74) is 5.84. The molecule has 5 heteroatoms. The summed E-state index contributed by atoms with van der Waals surface area (Å²) in [7, 11) is -3.75. The van der Waals surface area contributed by atoms with Crippen LogP contribution in [0.4, 0.5) is 4.39 Å². The summed E-state index contributed by atoms with van der Waals surface area (Å²) in [6.07, 6.45) is 8.04. The third kappa shape index (κ3) is 5.35. The largest absolute Gasteiger partial charge is 0.268 e. The second kappa shape index (κ2) is 10.8. The number of halogens is 1. The van der Waals surface area contributed by atoms with E-state index >= 15 is 0 Å². The normalized spacial score (nSPS) is 11.9. The standard InChI is InChI=1S/C30H34FNO2S/c1-4-6-10-23-18-26(31)19-24(11-7-5-2)29(23)20-25-21-32(30-13-9-8-12-28(25)30)35(33,34)27-16-14-22(3)15-17-27/h8-9,12-19,21H,4-7,10-11,20H2,1-3H3. The first-order valence-corrected chi connectivity index (χ1v) is 14.0. The van der Waals surface area contributed by atoms with Crippen molar-refractivity contribution in [2.75, 3.05) is 0 Å². The highest BCUT2D eigenvalue weighted by atomic mass is 32.2. The van der Waals surface area contributed by atoms with Gasteiger partial charge >= 0.3 is 0 Å². The maximum Gasteiger partial charge on any atom is 0.268 e. The van der Waals surface area contributed by atoms with Gasteiger partial charge < -0.3 is 0 Å². The Morgan fingerprint density at radius 3 is 2.03 bits per heavy atom. The van der Waals surface area contributed by atoms with E-state index in [1.165, 1.54) is 3.97 Å². The third-order valence-corrected chi connectivity index (χ3v) is 8.39. The zero-order valence-electron chi connectivity index (χ0n) is 20.9. The van der Waals surface area contributed by atoms with Crippen molar-refractivity contribution in [1.29, 1.82) is 0 Å². The van der Waals surface area contributed by atoms with Gasteiger partial charge in [-0.3, -0.25) is 0 Å². The van der Waals surface area contributed by atoms with Crippen LogP contribution in [-0.2, 0) is 29.3 Å². The molecule has 0 saturated carbocycles. The molecule has 0 unspecified atom stereocenters. The van der Waals surface area contributed by atoms with Crippen molar-refractivity contribution in [3.8, 4) is 0 Å². The van der Waals surface area contributed by atoms with Crippen molar-refractivity contribution in [2.24, 2.45) is 0 Å². The molecule has 0 atom stereocenters. The SMILES string of the molecule is CCCCc1cc(F)cc(CCCC)c1Cc1cn(S(=O)(=O)c2ccc(C)cc2)c2ccccc12. The molecule has 1 heterocycles. The second-order valence-electron chi connectivity index (χ2n) is 9.37. The number of aryl methyl sites for hydroxylation is 3. The van der Waals surface area contributed by atoms with Gasteiger partial charge in [0.15, 0.2) is 0 Å². The molecule has 3 nitrogen and oxygen atoms in total. The molecule has 3 aromatic carbocycles. The monoisotopic (exact) mass is 491 g/mol. The minimum atomic E-state index is -3.75. The van der Waals surface area contributed by atoms with Crippen LogP contribution in [0.25, 0.3) is 10.9 Å². The van der Waals surface area contributed by atoms with E-state index in [0.29, 0.717) is 11.9 Å². The van der Waals surface area contributed by atoms with E-state index in [-0.39, 0.29) is 10.7 Å². The van der Waals surface area contributed by atoms with Crippen LogP contribution in [0.3, 0.4) is 0 Å². The van der Waals surface area contributed by atoms with E-state index in [2.05, 4.69) is 13.8 Å². The lowest BCUT2D eigenvalue weighted by Gasteiger charge is -2.16. The van der Waals surface area contributed by atoms with Gasteiger partial charge in [0, 0.05) is 18.0 Å². The number of fused-ring (bicyclic) bond motifs is 1. The number of unbranched alkanes of at least 4 members (excludes halogenated alkanes) is 2. The summed E-state index contributed by atoms with van der Waals surface area (Å²) >= 11 is 0. The highest BCUT2D eigenvalue weighted by Gasteiger charge is 2.22. The zero-order valence-corrected chi connectivity index (χ0v) is 21.7. The van der Waals surface area contributed by atoms with Crippen molar-refractivity contribution < 1.29 is 12.8 Å². The summed E-state index contributed by atoms with van der Waals surface area (Å²) in [5, 5.41) is 0.912. The highest BCUT2D eigenvalue weighted by Crippen LogP contribution is 2.31.